The van der Waals surface area contributed by atoms with Crippen LogP contribution in [0.25, 0.3) is 8.25 Å². The molecule has 0 aromatic heterocycles. The van der Waals surface area contributed by atoms with Crippen LogP contribution in [0.1, 0.15) is 0 Å². The Morgan fingerprint density at radius 3 is 0.660 bits per heavy atom. The van der Waals surface area contributed by atoms with Crippen molar-refractivity contribution >= 4 is 63.9 Å². The van der Waals surface area contributed by atoms with Gasteiger partial charge >= 0.3 is 22.0 Å². The molecular weight excluding hydrogens is 1000 g/mol. The summed E-state index contributed by atoms with van der Waals surface area (Å²) in [6, 6.07) is 32.3. The van der Waals surface area contributed by atoms with Crippen LogP contribution in [0, 0.1) is 0 Å². The zero-order chi connectivity index (χ0) is 38.3. The van der Waals surface area contributed by atoms with Gasteiger partial charge in [-0.3, -0.25) is 0 Å². The van der Waals surface area contributed by atoms with Crippen LogP contribution in [-0.2, 0) is 62.5 Å². The largest absolute Gasteiger partial charge is 0.480 e. The Morgan fingerprint density at radius 1 is 0.360 bits per heavy atom. The number of nitrogens with zero attached hydrogens (tertiary/aromatic N) is 2. The molecule has 0 aliphatic heterocycles. The first-order valence-corrected chi connectivity index (χ1v) is 18.7. The van der Waals surface area contributed by atoms with E-state index in [1.807, 2.05) is 0 Å². The van der Waals surface area contributed by atoms with Crippen LogP contribution in [-0.4, -0.2) is 55.7 Å². The van der Waals surface area contributed by atoms with E-state index in [4.69, 9.17) is 0 Å². The molecular formula is C22H15AuF12N2O8PS4-2. The van der Waals surface area contributed by atoms with E-state index in [2.05, 4.69) is 91.0 Å². The third kappa shape index (κ3) is 13.7. The van der Waals surface area contributed by atoms with Gasteiger partial charge in [0.25, 0.3) is 0 Å². The van der Waals surface area contributed by atoms with Gasteiger partial charge in [-0.1, -0.05) is 91.0 Å². The Hall–Kier alpha value is -2.29. The molecule has 3 aromatic carbocycles. The topological polar surface area (TPSA) is 165 Å². The summed E-state index contributed by atoms with van der Waals surface area (Å²) in [5.41, 5.74) is -24.8. The molecule has 287 valence electrons. The van der Waals surface area contributed by atoms with Crippen molar-refractivity contribution in [3.05, 3.63) is 99.3 Å². The molecule has 0 saturated carbocycles. The van der Waals surface area contributed by atoms with Gasteiger partial charge in [0, 0.05) is 22.4 Å². The molecule has 3 aromatic rings. The van der Waals surface area contributed by atoms with Crippen LogP contribution >= 0.6 is 7.92 Å². The van der Waals surface area contributed by atoms with Crippen molar-refractivity contribution in [2.45, 2.75) is 22.0 Å². The molecule has 0 saturated heterocycles. The predicted octanol–water partition coefficient (Wildman–Crippen LogP) is 5.56. The monoisotopic (exact) mass is 1020 g/mol. The fourth-order valence-electron chi connectivity index (χ4n) is 2.61. The normalized spacial score (nSPS) is 13.2. The molecule has 0 unspecified atom stereocenters. The first kappa shape index (κ1) is 47.7. The number of sulfonamides is 4. The van der Waals surface area contributed by atoms with E-state index in [1.165, 1.54) is 15.9 Å². The van der Waals surface area contributed by atoms with Crippen molar-refractivity contribution in [2.24, 2.45) is 0 Å². The zero-order valence-corrected chi connectivity index (χ0v) is 29.6. The van der Waals surface area contributed by atoms with Crippen molar-refractivity contribution < 1.29 is 109 Å². The zero-order valence-electron chi connectivity index (χ0n) is 23.2. The van der Waals surface area contributed by atoms with E-state index in [9.17, 15) is 86.4 Å². The number of hydrogen-bond donors (Lipinski definition) is 0. The Balaban J connectivity index is 0.000000724. The van der Waals surface area contributed by atoms with Crippen LogP contribution in [0.4, 0.5) is 52.7 Å². The first-order chi connectivity index (χ1) is 21.9. The summed E-state index contributed by atoms with van der Waals surface area (Å²) < 4.78 is 218. The van der Waals surface area contributed by atoms with Gasteiger partial charge < -0.3 is 8.25 Å². The average molecular weight is 1020 g/mol. The molecule has 0 aliphatic rings. The summed E-state index contributed by atoms with van der Waals surface area (Å²) in [5, 5.41) is 4.19. The van der Waals surface area contributed by atoms with Crippen LogP contribution < -0.4 is 15.9 Å². The van der Waals surface area contributed by atoms with Crippen molar-refractivity contribution in [3.63, 3.8) is 0 Å². The minimum atomic E-state index is -6.72. The van der Waals surface area contributed by atoms with Gasteiger partial charge in [0.2, 0.25) is 0 Å². The number of benzene rings is 3. The first-order valence-electron chi connectivity index (χ1n) is 11.6. The maximum absolute atomic E-state index is 11.4. The van der Waals surface area contributed by atoms with E-state index in [-0.39, 0.29) is 22.4 Å². The van der Waals surface area contributed by atoms with E-state index in [1.54, 1.807) is 0 Å². The molecule has 0 amide bonds. The summed E-state index contributed by atoms with van der Waals surface area (Å²) in [7, 11) is -27.3. The second-order valence-electron chi connectivity index (χ2n) is 8.17. The second kappa shape index (κ2) is 17.5. The van der Waals surface area contributed by atoms with Crippen molar-refractivity contribution in [3.8, 4) is 0 Å². The van der Waals surface area contributed by atoms with Crippen molar-refractivity contribution in [1.29, 1.82) is 0 Å². The summed E-state index contributed by atoms with van der Waals surface area (Å²) in [6.45, 7) is 0. The smallest absolute Gasteiger partial charge is 0.421 e. The van der Waals surface area contributed by atoms with Gasteiger partial charge in [-0.25, -0.2) is 33.7 Å². The van der Waals surface area contributed by atoms with Crippen LogP contribution in [0.3, 0.4) is 0 Å². The standard InChI is InChI=1S/C18H15P.2C2F6NO4S2.Au/c1-4-10-16(11-5-1)19(17-12-6-2-7-13-17)18-14-8-3-9-15-18;2*3-1(4,5)14(10,11)9-15(12,13)2(6,7)8;/h1-15H;;;/q;2*-1;. The number of halogens is 12. The van der Waals surface area contributed by atoms with Gasteiger partial charge in [-0.2, -0.15) is 52.7 Å². The van der Waals surface area contributed by atoms with Crippen LogP contribution in [0.5, 0.6) is 0 Å². The molecule has 0 N–H and O–H groups in total. The van der Waals surface area contributed by atoms with Crippen LogP contribution in [0.15, 0.2) is 91.0 Å². The molecule has 0 spiro atoms. The number of alkyl halides is 12. The molecule has 0 bridgehead atoms. The van der Waals surface area contributed by atoms with E-state index in [0.717, 1.165) is 8.25 Å². The van der Waals surface area contributed by atoms with Crippen LogP contribution in [0.2, 0.25) is 0 Å². The molecule has 10 nitrogen and oxygen atoms in total. The molecule has 0 heterocycles. The Kier molecular flexibility index (Phi) is 16.7. The SMILES string of the molecule is O=S(=O)([N-]S(=O)(=O)C(F)(F)F)C(F)(F)F.O=S(=O)([N-]S(=O)(=O)C(F)(F)F)C(F)(F)F.[Au].c1ccc(P(c2ccccc2)c2ccccc2)cc1. The summed E-state index contributed by atoms with van der Waals surface area (Å²) >= 11 is 0. The summed E-state index contributed by atoms with van der Waals surface area (Å²) in [5.74, 6) is 0. The van der Waals surface area contributed by atoms with E-state index >= 15 is 0 Å². The summed E-state index contributed by atoms with van der Waals surface area (Å²) in [6.07, 6.45) is 0. The molecule has 0 fully saturated rings. The van der Waals surface area contributed by atoms with Crippen molar-refractivity contribution in [2.75, 3.05) is 0 Å². The minimum Gasteiger partial charge on any atom is -0.421 e. The third-order valence-corrected chi connectivity index (χ3v) is 12.5. The molecule has 0 atom stereocenters. The van der Waals surface area contributed by atoms with Gasteiger partial charge in [-0.15, -0.1) is 0 Å². The maximum atomic E-state index is 11.4. The molecule has 28 heteroatoms. The molecule has 50 heavy (non-hydrogen) atoms. The van der Waals surface area contributed by atoms with Crippen molar-refractivity contribution in [1.82, 2.24) is 0 Å². The summed E-state index contributed by atoms with van der Waals surface area (Å²) in [4.78, 5) is 0. The minimum absolute atomic E-state index is 0. The maximum Gasteiger partial charge on any atom is 0.480 e. The number of hydrogen-bond acceptors (Lipinski definition) is 8. The Morgan fingerprint density at radius 2 is 0.520 bits per heavy atom. The third-order valence-electron chi connectivity index (χ3n) is 4.61. The van der Waals surface area contributed by atoms with Gasteiger partial charge in [-0.05, 0) is 23.8 Å². The molecule has 1 radical (unpaired) electrons. The Labute approximate surface area is 292 Å². The van der Waals surface area contributed by atoms with Gasteiger partial charge in [0.05, 0.1) is 0 Å². The Bertz CT molecular complexity index is 1700. The van der Waals surface area contributed by atoms with E-state index < -0.39 is 70.0 Å². The fourth-order valence-corrected chi connectivity index (χ4v) is 8.33. The fraction of sp³-hybridized carbons (Fsp3) is 0.182. The second-order valence-corrected chi connectivity index (χ2v) is 17.2. The van der Waals surface area contributed by atoms with Gasteiger partial charge in [0.1, 0.15) is 0 Å². The number of rotatable bonds is 7. The average Bonchev–Trinajstić information content (AvgIpc) is 2.92. The quantitative estimate of drug-likeness (QED) is 0.169. The van der Waals surface area contributed by atoms with E-state index in [0.29, 0.717) is 0 Å². The molecule has 0 aliphatic carbocycles. The molecule has 3 rings (SSSR count). The van der Waals surface area contributed by atoms with Gasteiger partial charge in [0.15, 0.2) is 40.1 Å². The predicted molar refractivity (Wildman–Crippen MR) is 152 cm³/mol.